The average molecular weight is 417 g/mol. The van der Waals surface area contributed by atoms with Gasteiger partial charge in [0, 0.05) is 17.5 Å². The summed E-state index contributed by atoms with van der Waals surface area (Å²) in [7, 11) is 0. The van der Waals surface area contributed by atoms with E-state index in [-0.39, 0.29) is 19.1 Å². The largest absolute Gasteiger partial charge is 0.401 e. The molecule has 0 aliphatic carbocycles. The summed E-state index contributed by atoms with van der Waals surface area (Å²) in [4.78, 5) is 14.3. The fraction of sp³-hybridized carbons (Fsp3) is 0.391. The Labute approximate surface area is 173 Å². The van der Waals surface area contributed by atoms with Gasteiger partial charge in [0.1, 0.15) is 0 Å². The molecule has 160 valence electrons. The molecule has 0 bridgehead atoms. The SMILES string of the molecule is Cc1ccc(C)c(-c2nn(CN(CC(C)C)CC(F)(F)F)c(=O)c3ccccc23)c1. The fourth-order valence-electron chi connectivity index (χ4n) is 3.65. The van der Waals surface area contributed by atoms with E-state index >= 15 is 0 Å². The van der Waals surface area contributed by atoms with Crippen molar-refractivity contribution in [3.05, 3.63) is 63.9 Å². The Balaban J connectivity index is 2.17. The van der Waals surface area contributed by atoms with Crippen LogP contribution in [0, 0.1) is 19.8 Å². The molecule has 3 aromatic rings. The molecule has 4 nitrogen and oxygen atoms in total. The lowest BCUT2D eigenvalue weighted by Crippen LogP contribution is -2.41. The molecule has 0 spiro atoms. The Kier molecular flexibility index (Phi) is 6.31. The molecule has 1 heterocycles. The standard InChI is InChI=1S/C23H26F3N3O/c1-15(2)12-28(13-23(24,25)26)14-29-22(30)19-8-6-5-7-18(19)21(27-29)20-11-16(3)9-10-17(20)4/h5-11,15H,12-14H2,1-4H3. The monoisotopic (exact) mass is 417 g/mol. The van der Waals surface area contributed by atoms with E-state index in [2.05, 4.69) is 5.10 Å². The van der Waals surface area contributed by atoms with Crippen molar-refractivity contribution in [1.82, 2.24) is 14.7 Å². The van der Waals surface area contributed by atoms with E-state index in [1.54, 1.807) is 12.1 Å². The second-order valence-electron chi connectivity index (χ2n) is 8.18. The third kappa shape index (κ3) is 5.08. The molecule has 0 fully saturated rings. The van der Waals surface area contributed by atoms with Crippen LogP contribution in [0.1, 0.15) is 25.0 Å². The third-order valence-electron chi connectivity index (χ3n) is 4.88. The summed E-state index contributed by atoms with van der Waals surface area (Å²) in [5, 5.41) is 5.68. The van der Waals surface area contributed by atoms with Crippen LogP contribution in [0.2, 0.25) is 0 Å². The molecule has 0 atom stereocenters. The molecule has 7 heteroatoms. The van der Waals surface area contributed by atoms with Crippen molar-refractivity contribution in [3.63, 3.8) is 0 Å². The van der Waals surface area contributed by atoms with E-state index in [4.69, 9.17) is 0 Å². The number of benzene rings is 2. The molecule has 0 saturated heterocycles. The second kappa shape index (κ2) is 8.60. The van der Waals surface area contributed by atoms with Crippen LogP contribution in [0.4, 0.5) is 13.2 Å². The maximum absolute atomic E-state index is 13.1. The molecule has 1 aromatic heterocycles. The predicted molar refractivity (Wildman–Crippen MR) is 113 cm³/mol. The van der Waals surface area contributed by atoms with Gasteiger partial charge in [0.05, 0.1) is 24.3 Å². The highest BCUT2D eigenvalue weighted by atomic mass is 19.4. The van der Waals surface area contributed by atoms with Crippen LogP contribution in [-0.2, 0) is 6.67 Å². The Hall–Kier alpha value is -2.67. The van der Waals surface area contributed by atoms with E-state index in [1.165, 1.54) is 4.90 Å². The minimum atomic E-state index is -4.36. The molecule has 3 rings (SSSR count). The van der Waals surface area contributed by atoms with Gasteiger partial charge >= 0.3 is 6.18 Å². The summed E-state index contributed by atoms with van der Waals surface area (Å²) in [6, 6.07) is 13.1. The number of aryl methyl sites for hydroxylation is 2. The van der Waals surface area contributed by atoms with Gasteiger partial charge in [-0.05, 0) is 37.5 Å². The molecule has 0 aliphatic heterocycles. The average Bonchev–Trinajstić information content (AvgIpc) is 2.64. The van der Waals surface area contributed by atoms with Crippen molar-refractivity contribution in [2.24, 2.45) is 5.92 Å². The van der Waals surface area contributed by atoms with Crippen molar-refractivity contribution < 1.29 is 13.2 Å². The van der Waals surface area contributed by atoms with E-state index < -0.39 is 18.3 Å². The van der Waals surface area contributed by atoms with Crippen LogP contribution < -0.4 is 5.56 Å². The molecule has 2 aromatic carbocycles. The maximum atomic E-state index is 13.1. The lowest BCUT2D eigenvalue weighted by atomic mass is 9.99. The van der Waals surface area contributed by atoms with Crippen LogP contribution in [0.5, 0.6) is 0 Å². The molecule has 0 N–H and O–H groups in total. The van der Waals surface area contributed by atoms with Crippen LogP contribution in [0.15, 0.2) is 47.3 Å². The number of fused-ring (bicyclic) bond motifs is 1. The maximum Gasteiger partial charge on any atom is 0.401 e. The van der Waals surface area contributed by atoms with Gasteiger partial charge in [-0.3, -0.25) is 9.69 Å². The molecule has 0 amide bonds. The molecule has 30 heavy (non-hydrogen) atoms. The summed E-state index contributed by atoms with van der Waals surface area (Å²) in [5.74, 6) is 0.0157. The Morgan fingerprint density at radius 3 is 2.37 bits per heavy atom. The normalized spacial score (nSPS) is 12.3. The van der Waals surface area contributed by atoms with E-state index in [0.717, 1.165) is 21.4 Å². The smallest absolute Gasteiger partial charge is 0.275 e. The van der Waals surface area contributed by atoms with Crippen molar-refractivity contribution in [2.45, 2.75) is 40.5 Å². The van der Waals surface area contributed by atoms with Gasteiger partial charge in [0.2, 0.25) is 0 Å². The quantitative estimate of drug-likeness (QED) is 0.556. The zero-order valence-electron chi connectivity index (χ0n) is 17.6. The Bertz CT molecular complexity index is 1100. The molecule has 0 saturated carbocycles. The summed E-state index contributed by atoms with van der Waals surface area (Å²) < 4.78 is 40.5. The number of hydrogen-bond donors (Lipinski definition) is 0. The van der Waals surface area contributed by atoms with Crippen LogP contribution in [0.25, 0.3) is 22.0 Å². The number of nitrogens with zero attached hydrogens (tertiary/aromatic N) is 3. The van der Waals surface area contributed by atoms with Gasteiger partial charge < -0.3 is 0 Å². The van der Waals surface area contributed by atoms with E-state index in [0.29, 0.717) is 16.5 Å². The minimum Gasteiger partial charge on any atom is -0.275 e. The van der Waals surface area contributed by atoms with E-state index in [9.17, 15) is 18.0 Å². The Morgan fingerprint density at radius 2 is 1.73 bits per heavy atom. The number of aromatic nitrogens is 2. The number of rotatable bonds is 6. The van der Waals surface area contributed by atoms with Crippen LogP contribution in [0.3, 0.4) is 0 Å². The van der Waals surface area contributed by atoms with E-state index in [1.807, 2.05) is 58.0 Å². The van der Waals surface area contributed by atoms with Gasteiger partial charge in [-0.1, -0.05) is 49.7 Å². The van der Waals surface area contributed by atoms with Crippen molar-refractivity contribution in [2.75, 3.05) is 13.1 Å². The lowest BCUT2D eigenvalue weighted by Gasteiger charge is -2.26. The summed E-state index contributed by atoms with van der Waals surface area (Å²) in [6.45, 7) is 6.51. The molecule has 0 radical (unpaired) electrons. The second-order valence-corrected chi connectivity index (χ2v) is 8.18. The van der Waals surface area contributed by atoms with Crippen LogP contribution in [-0.4, -0.2) is 33.9 Å². The topological polar surface area (TPSA) is 38.1 Å². The first-order valence-electron chi connectivity index (χ1n) is 9.92. The highest BCUT2D eigenvalue weighted by Gasteiger charge is 2.31. The van der Waals surface area contributed by atoms with Gasteiger partial charge in [0.15, 0.2) is 0 Å². The van der Waals surface area contributed by atoms with Gasteiger partial charge in [-0.15, -0.1) is 0 Å². The van der Waals surface area contributed by atoms with Crippen LogP contribution >= 0.6 is 0 Å². The predicted octanol–water partition coefficient (Wildman–Crippen LogP) is 5.16. The fourth-order valence-corrected chi connectivity index (χ4v) is 3.65. The first kappa shape index (κ1) is 22.0. The van der Waals surface area contributed by atoms with Crippen molar-refractivity contribution in [3.8, 4) is 11.3 Å². The van der Waals surface area contributed by atoms with Gasteiger partial charge in [-0.2, -0.15) is 18.3 Å². The van der Waals surface area contributed by atoms with Crippen molar-refractivity contribution >= 4 is 10.8 Å². The molecular weight excluding hydrogens is 391 g/mol. The first-order valence-corrected chi connectivity index (χ1v) is 9.92. The molecular formula is C23H26F3N3O. The third-order valence-corrected chi connectivity index (χ3v) is 4.88. The molecule has 0 unspecified atom stereocenters. The first-order chi connectivity index (χ1) is 14.0. The summed E-state index contributed by atoms with van der Waals surface area (Å²) in [5.41, 5.74) is 3.10. The zero-order chi connectivity index (χ0) is 22.1. The summed E-state index contributed by atoms with van der Waals surface area (Å²) >= 11 is 0. The summed E-state index contributed by atoms with van der Waals surface area (Å²) in [6.07, 6.45) is -4.36. The molecule has 0 aliphatic rings. The lowest BCUT2D eigenvalue weighted by molar-refractivity contribution is -0.151. The zero-order valence-corrected chi connectivity index (χ0v) is 17.6. The highest BCUT2D eigenvalue weighted by molar-refractivity contribution is 5.94. The number of halogens is 3. The Morgan fingerprint density at radius 1 is 1.07 bits per heavy atom. The highest BCUT2D eigenvalue weighted by Crippen LogP contribution is 2.28. The number of alkyl halides is 3. The van der Waals surface area contributed by atoms with Gasteiger partial charge in [0.25, 0.3) is 5.56 Å². The van der Waals surface area contributed by atoms with Crippen molar-refractivity contribution in [1.29, 1.82) is 0 Å². The minimum absolute atomic E-state index is 0.0157. The van der Waals surface area contributed by atoms with Gasteiger partial charge in [-0.25, -0.2) is 4.68 Å². The number of hydrogen-bond acceptors (Lipinski definition) is 3.